The van der Waals surface area contributed by atoms with Crippen LogP contribution in [-0.2, 0) is 4.79 Å². The van der Waals surface area contributed by atoms with Crippen molar-refractivity contribution in [1.82, 2.24) is 5.32 Å². The smallest absolute Gasteiger partial charge is 0.220 e. The summed E-state index contributed by atoms with van der Waals surface area (Å²) in [6.45, 7) is 6.12. The van der Waals surface area contributed by atoms with Crippen molar-refractivity contribution < 1.29 is 4.79 Å². The molecule has 0 aromatic heterocycles. The number of amides is 1. The van der Waals surface area contributed by atoms with Crippen molar-refractivity contribution in [1.29, 1.82) is 0 Å². The van der Waals surface area contributed by atoms with Crippen molar-refractivity contribution in [3.8, 4) is 0 Å². The van der Waals surface area contributed by atoms with E-state index >= 15 is 0 Å². The summed E-state index contributed by atoms with van der Waals surface area (Å²) < 4.78 is 0. The molecule has 1 saturated carbocycles. The molecule has 0 spiro atoms. The van der Waals surface area contributed by atoms with E-state index in [9.17, 15) is 4.79 Å². The zero-order valence-corrected chi connectivity index (χ0v) is 11.0. The molecule has 0 aliphatic heterocycles. The van der Waals surface area contributed by atoms with E-state index in [0.717, 1.165) is 25.7 Å². The predicted octanol–water partition coefficient (Wildman–Crippen LogP) is 0.733. The maximum atomic E-state index is 11.0. The molecule has 5 nitrogen and oxygen atoms in total. The number of nitrogens with zero attached hydrogens (tertiary/aromatic N) is 1. The molecule has 5 heteroatoms. The Bertz CT molecular complexity index is 298. The Kier molecular flexibility index (Phi) is 4.37. The molecule has 1 aliphatic rings. The maximum absolute atomic E-state index is 11.0. The van der Waals surface area contributed by atoms with Crippen LogP contribution < -0.4 is 16.8 Å². The van der Waals surface area contributed by atoms with Crippen LogP contribution in [0.15, 0.2) is 4.99 Å². The number of primary amides is 1. The maximum Gasteiger partial charge on any atom is 0.220 e. The molecule has 0 bridgehead atoms. The average molecular weight is 240 g/mol. The van der Waals surface area contributed by atoms with Gasteiger partial charge in [-0.25, -0.2) is 0 Å². The molecule has 5 N–H and O–H groups in total. The zero-order valence-electron chi connectivity index (χ0n) is 11.0. The lowest BCUT2D eigenvalue weighted by atomic mass is 9.86. The molecule has 1 rings (SSSR count). The topological polar surface area (TPSA) is 93.5 Å². The van der Waals surface area contributed by atoms with Gasteiger partial charge < -0.3 is 16.8 Å². The van der Waals surface area contributed by atoms with Crippen LogP contribution in [0.5, 0.6) is 0 Å². The normalized spacial score (nSPS) is 26.6. The highest BCUT2D eigenvalue weighted by Crippen LogP contribution is 2.25. The summed E-state index contributed by atoms with van der Waals surface area (Å²) in [5, 5.41) is 3.14. The summed E-state index contributed by atoms with van der Waals surface area (Å²) in [5.74, 6) is 0.325. The first-order valence-corrected chi connectivity index (χ1v) is 6.18. The Morgan fingerprint density at radius 2 is 1.71 bits per heavy atom. The molecule has 1 amide bonds. The Balaban J connectivity index is 2.44. The number of rotatable bonds is 2. The van der Waals surface area contributed by atoms with Gasteiger partial charge in [0.2, 0.25) is 5.91 Å². The van der Waals surface area contributed by atoms with Crippen LogP contribution in [0.25, 0.3) is 0 Å². The highest BCUT2D eigenvalue weighted by atomic mass is 16.1. The van der Waals surface area contributed by atoms with E-state index in [4.69, 9.17) is 11.5 Å². The molecular formula is C12H24N4O. The van der Waals surface area contributed by atoms with Gasteiger partial charge in [0.15, 0.2) is 5.96 Å². The van der Waals surface area contributed by atoms with Gasteiger partial charge in [-0.05, 0) is 46.5 Å². The molecule has 1 fully saturated rings. The van der Waals surface area contributed by atoms with Crippen LogP contribution in [0.4, 0.5) is 0 Å². The van der Waals surface area contributed by atoms with Gasteiger partial charge in [0.05, 0.1) is 6.04 Å². The minimum absolute atomic E-state index is 0.0262. The summed E-state index contributed by atoms with van der Waals surface area (Å²) in [7, 11) is 0. The Morgan fingerprint density at radius 3 is 2.12 bits per heavy atom. The molecule has 17 heavy (non-hydrogen) atoms. The quantitative estimate of drug-likeness (QED) is 0.490. The summed E-state index contributed by atoms with van der Waals surface area (Å²) in [6.07, 6.45) is 3.43. The number of aliphatic imine (C=N–C) groups is 1. The Labute approximate surface area is 103 Å². The molecule has 0 aromatic carbocycles. The van der Waals surface area contributed by atoms with E-state index in [1.165, 1.54) is 0 Å². The second-order valence-electron chi connectivity index (χ2n) is 5.80. The molecule has 0 radical (unpaired) electrons. The van der Waals surface area contributed by atoms with Gasteiger partial charge in [-0.1, -0.05) is 0 Å². The largest absolute Gasteiger partial charge is 0.370 e. The number of nitrogens with two attached hydrogens (primary N) is 2. The van der Waals surface area contributed by atoms with E-state index in [1.807, 2.05) is 20.8 Å². The lowest BCUT2D eigenvalue weighted by Gasteiger charge is -2.26. The lowest BCUT2D eigenvalue weighted by molar-refractivity contribution is -0.122. The number of nitrogens with one attached hydrogen (secondary N) is 1. The first-order chi connectivity index (χ1) is 7.78. The van der Waals surface area contributed by atoms with Crippen LogP contribution in [0.3, 0.4) is 0 Å². The first-order valence-electron chi connectivity index (χ1n) is 6.18. The van der Waals surface area contributed by atoms with E-state index in [1.54, 1.807) is 0 Å². The van der Waals surface area contributed by atoms with Crippen molar-refractivity contribution >= 4 is 11.9 Å². The summed E-state index contributed by atoms with van der Waals surface area (Å²) in [5.41, 5.74) is 11.0. The summed E-state index contributed by atoms with van der Waals surface area (Å²) >= 11 is 0. The van der Waals surface area contributed by atoms with Gasteiger partial charge in [-0.2, -0.15) is 0 Å². The third-order valence-corrected chi connectivity index (χ3v) is 2.92. The molecule has 1 aliphatic carbocycles. The minimum Gasteiger partial charge on any atom is -0.370 e. The Hall–Kier alpha value is -1.26. The number of carbonyl (C=O) groups is 1. The van der Waals surface area contributed by atoms with Gasteiger partial charge in [0.25, 0.3) is 0 Å². The molecule has 98 valence electrons. The van der Waals surface area contributed by atoms with E-state index in [-0.39, 0.29) is 23.4 Å². The second-order valence-corrected chi connectivity index (χ2v) is 5.80. The zero-order chi connectivity index (χ0) is 13.1. The number of hydrogen-bond acceptors (Lipinski definition) is 2. The molecule has 0 aromatic rings. The first kappa shape index (κ1) is 13.8. The fraction of sp³-hybridized carbons (Fsp3) is 0.833. The van der Waals surface area contributed by atoms with Crippen LogP contribution in [0.1, 0.15) is 46.5 Å². The standard InChI is InChI=1S/C12H24N4O/c1-12(2,3)16-11(14)15-9-6-4-8(5-7-9)10(13)17/h8-9H,4-7H2,1-3H3,(H2,13,17)(H3,14,15,16). The van der Waals surface area contributed by atoms with Crippen LogP contribution in [0, 0.1) is 5.92 Å². The van der Waals surface area contributed by atoms with Crippen LogP contribution in [0.2, 0.25) is 0 Å². The Morgan fingerprint density at radius 1 is 1.18 bits per heavy atom. The van der Waals surface area contributed by atoms with Crippen LogP contribution >= 0.6 is 0 Å². The monoisotopic (exact) mass is 240 g/mol. The fourth-order valence-electron chi connectivity index (χ4n) is 2.10. The molecule has 0 saturated heterocycles. The van der Waals surface area contributed by atoms with Gasteiger partial charge in [-0.15, -0.1) is 0 Å². The van der Waals surface area contributed by atoms with Gasteiger partial charge in [0.1, 0.15) is 0 Å². The van der Waals surface area contributed by atoms with Gasteiger partial charge >= 0.3 is 0 Å². The van der Waals surface area contributed by atoms with Crippen LogP contribution in [-0.4, -0.2) is 23.4 Å². The minimum atomic E-state index is -0.187. The third kappa shape index (κ3) is 5.06. The van der Waals surface area contributed by atoms with Gasteiger partial charge in [0, 0.05) is 11.5 Å². The fourth-order valence-corrected chi connectivity index (χ4v) is 2.10. The van der Waals surface area contributed by atoms with Crippen molar-refractivity contribution in [3.63, 3.8) is 0 Å². The highest BCUT2D eigenvalue weighted by molar-refractivity contribution is 5.79. The van der Waals surface area contributed by atoms with Gasteiger partial charge in [-0.3, -0.25) is 9.79 Å². The van der Waals surface area contributed by atoms with E-state index < -0.39 is 0 Å². The molecule has 0 unspecified atom stereocenters. The van der Waals surface area contributed by atoms with Crippen molar-refractivity contribution in [2.45, 2.75) is 58.0 Å². The van der Waals surface area contributed by atoms with E-state index in [0.29, 0.717) is 5.96 Å². The summed E-state index contributed by atoms with van der Waals surface area (Å²) in [6, 6.07) is 0.223. The number of guanidine groups is 1. The lowest BCUT2D eigenvalue weighted by Crippen LogP contribution is -2.45. The van der Waals surface area contributed by atoms with Crippen molar-refractivity contribution in [2.24, 2.45) is 22.4 Å². The van der Waals surface area contributed by atoms with Crippen molar-refractivity contribution in [3.05, 3.63) is 0 Å². The average Bonchev–Trinajstić information content (AvgIpc) is 2.15. The van der Waals surface area contributed by atoms with E-state index in [2.05, 4.69) is 10.3 Å². The third-order valence-electron chi connectivity index (χ3n) is 2.92. The highest BCUT2D eigenvalue weighted by Gasteiger charge is 2.24. The second kappa shape index (κ2) is 5.38. The summed E-state index contributed by atoms with van der Waals surface area (Å²) in [4.78, 5) is 15.5. The molecular weight excluding hydrogens is 216 g/mol. The molecule has 0 atom stereocenters. The number of carbonyl (C=O) groups excluding carboxylic acids is 1. The SMILES string of the molecule is CC(C)(C)NC(N)=NC1CCC(C(N)=O)CC1. The number of hydrogen-bond donors (Lipinski definition) is 3. The van der Waals surface area contributed by atoms with Crippen molar-refractivity contribution in [2.75, 3.05) is 0 Å². The molecule has 0 heterocycles. The predicted molar refractivity (Wildman–Crippen MR) is 69.5 cm³/mol.